The normalized spacial score (nSPS) is 13.4. The molecule has 1 aromatic heterocycles. The van der Waals surface area contributed by atoms with Crippen molar-refractivity contribution in [3.05, 3.63) is 59.8 Å². The molecule has 7 nitrogen and oxygen atoms in total. The van der Waals surface area contributed by atoms with Crippen LogP contribution in [0.2, 0.25) is 0 Å². The van der Waals surface area contributed by atoms with Crippen molar-refractivity contribution in [1.82, 2.24) is 9.88 Å². The van der Waals surface area contributed by atoms with Crippen LogP contribution >= 0.6 is 0 Å². The van der Waals surface area contributed by atoms with Crippen molar-refractivity contribution in [1.29, 1.82) is 0 Å². The molecule has 28 heavy (non-hydrogen) atoms. The minimum absolute atomic E-state index is 0.198. The number of nitrogens with zero attached hydrogens (tertiary/aromatic N) is 1. The summed E-state index contributed by atoms with van der Waals surface area (Å²) in [7, 11) is 1.86. The molecule has 1 aliphatic heterocycles. The highest BCUT2D eigenvalue weighted by atomic mass is 16.7. The Kier molecular flexibility index (Phi) is 4.65. The van der Waals surface area contributed by atoms with Gasteiger partial charge in [-0.3, -0.25) is 4.79 Å². The average molecular weight is 380 g/mol. The van der Waals surface area contributed by atoms with Crippen molar-refractivity contribution in [3.63, 3.8) is 0 Å². The summed E-state index contributed by atoms with van der Waals surface area (Å²) < 4.78 is 17.7. The number of amides is 1. The van der Waals surface area contributed by atoms with Crippen molar-refractivity contribution in [2.24, 2.45) is 7.05 Å². The number of para-hydroxylation sites is 1. The molecule has 3 aromatic rings. The van der Waals surface area contributed by atoms with Gasteiger partial charge in [-0.15, -0.1) is 0 Å². The van der Waals surface area contributed by atoms with E-state index >= 15 is 0 Å². The van der Waals surface area contributed by atoms with Crippen molar-refractivity contribution >= 4 is 22.8 Å². The smallest absolute Gasteiger partial charge is 0.340 e. The first-order valence-electron chi connectivity index (χ1n) is 8.93. The molecule has 1 aliphatic rings. The standard InChI is InChI=1S/C21H20N2O5/c1-13(14-7-8-18-19(9-14)28-12-27-18)22-20(24)11-26-21(25)16-10-23(2)17-6-4-3-5-15(16)17/h3-10,13H,11-12H2,1-2H3,(H,22,24)/t13-/m1/s1. The topological polar surface area (TPSA) is 78.8 Å². The summed E-state index contributed by atoms with van der Waals surface area (Å²) in [4.78, 5) is 24.6. The van der Waals surface area contributed by atoms with E-state index in [9.17, 15) is 9.59 Å². The first-order valence-corrected chi connectivity index (χ1v) is 8.93. The van der Waals surface area contributed by atoms with Gasteiger partial charge in [0.05, 0.1) is 11.6 Å². The number of carbonyl (C=O) groups is 2. The molecule has 7 heteroatoms. The minimum atomic E-state index is -0.525. The molecule has 144 valence electrons. The average Bonchev–Trinajstić information content (AvgIpc) is 3.30. The van der Waals surface area contributed by atoms with Crippen LogP contribution in [0.15, 0.2) is 48.7 Å². The first kappa shape index (κ1) is 17.9. The van der Waals surface area contributed by atoms with Crippen molar-refractivity contribution in [3.8, 4) is 11.5 Å². The second-order valence-electron chi connectivity index (χ2n) is 6.65. The van der Waals surface area contributed by atoms with E-state index in [1.807, 2.05) is 54.9 Å². The second-order valence-corrected chi connectivity index (χ2v) is 6.65. The molecule has 4 rings (SSSR count). The summed E-state index contributed by atoms with van der Waals surface area (Å²) in [6.07, 6.45) is 1.71. The number of aryl methyl sites for hydroxylation is 1. The number of ether oxygens (including phenoxy) is 3. The molecule has 1 amide bonds. The third-order valence-corrected chi connectivity index (χ3v) is 4.73. The van der Waals surface area contributed by atoms with Gasteiger partial charge in [-0.2, -0.15) is 0 Å². The van der Waals surface area contributed by atoms with Crippen molar-refractivity contribution in [2.45, 2.75) is 13.0 Å². The van der Waals surface area contributed by atoms with Gasteiger partial charge in [0, 0.05) is 24.1 Å². The quantitative estimate of drug-likeness (QED) is 0.689. The van der Waals surface area contributed by atoms with Crippen LogP contribution in [0.4, 0.5) is 0 Å². The Balaban J connectivity index is 1.37. The van der Waals surface area contributed by atoms with Gasteiger partial charge in [-0.05, 0) is 30.7 Å². The molecular weight excluding hydrogens is 360 g/mol. The zero-order chi connectivity index (χ0) is 19.7. The zero-order valence-corrected chi connectivity index (χ0v) is 15.6. The van der Waals surface area contributed by atoms with E-state index < -0.39 is 5.97 Å². The lowest BCUT2D eigenvalue weighted by Gasteiger charge is -2.15. The van der Waals surface area contributed by atoms with Gasteiger partial charge in [0.25, 0.3) is 5.91 Å². The van der Waals surface area contributed by atoms with Crippen LogP contribution in [-0.2, 0) is 16.6 Å². The van der Waals surface area contributed by atoms with Crippen LogP contribution in [0.1, 0.15) is 28.9 Å². The van der Waals surface area contributed by atoms with E-state index in [-0.39, 0.29) is 25.3 Å². The summed E-state index contributed by atoms with van der Waals surface area (Å²) in [6.45, 7) is 1.70. The summed E-state index contributed by atoms with van der Waals surface area (Å²) in [6, 6.07) is 12.8. The second kappa shape index (κ2) is 7.26. The molecule has 0 aliphatic carbocycles. The first-order chi connectivity index (χ1) is 13.5. The van der Waals surface area contributed by atoms with Gasteiger partial charge in [-0.25, -0.2) is 4.79 Å². The fraction of sp³-hybridized carbons (Fsp3) is 0.238. The van der Waals surface area contributed by atoms with Crippen LogP contribution in [-0.4, -0.2) is 29.8 Å². The Hall–Kier alpha value is -3.48. The van der Waals surface area contributed by atoms with Crippen LogP contribution in [0.5, 0.6) is 11.5 Å². The number of fused-ring (bicyclic) bond motifs is 2. The van der Waals surface area contributed by atoms with E-state index in [0.29, 0.717) is 17.1 Å². The Labute approximate surface area is 161 Å². The number of carbonyl (C=O) groups excluding carboxylic acids is 2. The zero-order valence-electron chi connectivity index (χ0n) is 15.6. The maximum Gasteiger partial charge on any atom is 0.340 e. The minimum Gasteiger partial charge on any atom is -0.454 e. The molecule has 0 fully saturated rings. The van der Waals surface area contributed by atoms with Gasteiger partial charge in [0.15, 0.2) is 18.1 Å². The molecule has 0 bridgehead atoms. The van der Waals surface area contributed by atoms with Crippen LogP contribution in [0.3, 0.4) is 0 Å². The maximum absolute atomic E-state index is 12.4. The predicted octanol–water partition coefficient (Wildman–Crippen LogP) is 2.94. The van der Waals surface area contributed by atoms with E-state index in [2.05, 4.69) is 5.32 Å². The van der Waals surface area contributed by atoms with Gasteiger partial charge < -0.3 is 24.1 Å². The predicted molar refractivity (Wildman–Crippen MR) is 102 cm³/mol. The number of hydrogen-bond donors (Lipinski definition) is 1. The van der Waals surface area contributed by atoms with E-state index in [1.165, 1.54) is 0 Å². The molecule has 0 unspecified atom stereocenters. The number of nitrogens with one attached hydrogen (secondary N) is 1. The van der Waals surface area contributed by atoms with E-state index in [1.54, 1.807) is 12.3 Å². The lowest BCUT2D eigenvalue weighted by atomic mass is 10.1. The van der Waals surface area contributed by atoms with Gasteiger partial charge >= 0.3 is 5.97 Å². The van der Waals surface area contributed by atoms with Crippen LogP contribution in [0, 0.1) is 0 Å². The lowest BCUT2D eigenvalue weighted by molar-refractivity contribution is -0.124. The Morgan fingerprint density at radius 3 is 2.82 bits per heavy atom. The number of aromatic nitrogens is 1. The number of rotatable bonds is 5. The van der Waals surface area contributed by atoms with Crippen molar-refractivity contribution in [2.75, 3.05) is 13.4 Å². The number of esters is 1. The summed E-state index contributed by atoms with van der Waals surface area (Å²) >= 11 is 0. The molecule has 1 N–H and O–H groups in total. The van der Waals surface area contributed by atoms with Gasteiger partial charge in [0.2, 0.25) is 6.79 Å². The fourth-order valence-corrected chi connectivity index (χ4v) is 3.26. The molecule has 0 saturated heterocycles. The van der Waals surface area contributed by atoms with E-state index in [4.69, 9.17) is 14.2 Å². The highest BCUT2D eigenvalue weighted by Crippen LogP contribution is 2.34. The molecule has 0 saturated carbocycles. The van der Waals surface area contributed by atoms with Crippen molar-refractivity contribution < 1.29 is 23.8 Å². The highest BCUT2D eigenvalue weighted by molar-refractivity contribution is 6.04. The maximum atomic E-state index is 12.4. The number of benzene rings is 2. The Morgan fingerprint density at radius 2 is 1.96 bits per heavy atom. The SMILES string of the molecule is C[C@@H](NC(=O)COC(=O)c1cn(C)c2ccccc12)c1ccc2c(c1)OCO2. The van der Waals surface area contributed by atoms with Gasteiger partial charge in [0.1, 0.15) is 0 Å². The third-order valence-electron chi connectivity index (χ3n) is 4.73. The summed E-state index contributed by atoms with van der Waals surface area (Å²) in [5, 5.41) is 3.61. The van der Waals surface area contributed by atoms with Gasteiger partial charge in [-0.1, -0.05) is 24.3 Å². The van der Waals surface area contributed by atoms with E-state index in [0.717, 1.165) is 16.5 Å². The highest BCUT2D eigenvalue weighted by Gasteiger charge is 2.19. The van der Waals surface area contributed by atoms with Crippen LogP contribution in [0.25, 0.3) is 10.9 Å². The molecule has 2 aromatic carbocycles. The molecule has 0 radical (unpaired) electrons. The third kappa shape index (κ3) is 3.38. The summed E-state index contributed by atoms with van der Waals surface area (Å²) in [5.41, 5.74) is 2.24. The fourth-order valence-electron chi connectivity index (χ4n) is 3.26. The molecule has 0 spiro atoms. The molecular formula is C21H20N2O5. The molecule has 1 atom stereocenters. The Bertz CT molecular complexity index is 1060. The lowest BCUT2D eigenvalue weighted by Crippen LogP contribution is -2.31. The largest absolute Gasteiger partial charge is 0.454 e. The van der Waals surface area contributed by atoms with Crippen LogP contribution < -0.4 is 14.8 Å². The Morgan fingerprint density at radius 1 is 1.18 bits per heavy atom. The molecule has 2 heterocycles. The number of hydrogen-bond acceptors (Lipinski definition) is 5. The summed E-state index contributed by atoms with van der Waals surface area (Å²) in [5.74, 6) is 0.439. The monoisotopic (exact) mass is 380 g/mol.